The van der Waals surface area contributed by atoms with E-state index in [-0.39, 0.29) is 17.5 Å². The SMILES string of the molecule is Cc1cc(F)cc([C@H]2CCOC2)c1O. The highest BCUT2D eigenvalue weighted by Gasteiger charge is 2.22. The van der Waals surface area contributed by atoms with Crippen LogP contribution < -0.4 is 0 Å². The summed E-state index contributed by atoms with van der Waals surface area (Å²) in [7, 11) is 0. The molecule has 76 valence electrons. The molecule has 1 aromatic carbocycles. The van der Waals surface area contributed by atoms with Gasteiger partial charge < -0.3 is 9.84 Å². The number of phenols is 1. The summed E-state index contributed by atoms with van der Waals surface area (Å²) in [6, 6.07) is 2.75. The Morgan fingerprint density at radius 3 is 2.93 bits per heavy atom. The van der Waals surface area contributed by atoms with Gasteiger partial charge in [-0.3, -0.25) is 0 Å². The monoisotopic (exact) mass is 196 g/mol. The van der Waals surface area contributed by atoms with Crippen molar-refractivity contribution in [1.82, 2.24) is 0 Å². The molecule has 0 amide bonds. The fourth-order valence-electron chi connectivity index (χ4n) is 1.85. The number of aromatic hydroxyl groups is 1. The molecule has 1 aliphatic heterocycles. The first-order chi connectivity index (χ1) is 6.68. The van der Waals surface area contributed by atoms with E-state index in [0.717, 1.165) is 6.42 Å². The number of ether oxygens (including phenoxy) is 1. The van der Waals surface area contributed by atoms with Crippen LogP contribution in [0.4, 0.5) is 4.39 Å². The molecule has 0 saturated carbocycles. The maximum absolute atomic E-state index is 13.1. The zero-order valence-electron chi connectivity index (χ0n) is 8.09. The second-order valence-electron chi connectivity index (χ2n) is 3.72. The minimum absolute atomic E-state index is 0.143. The van der Waals surface area contributed by atoms with E-state index < -0.39 is 0 Å². The largest absolute Gasteiger partial charge is 0.507 e. The minimum atomic E-state index is -0.290. The van der Waals surface area contributed by atoms with E-state index in [9.17, 15) is 9.50 Å². The Labute approximate surface area is 82.3 Å². The van der Waals surface area contributed by atoms with Crippen molar-refractivity contribution >= 4 is 0 Å². The van der Waals surface area contributed by atoms with Gasteiger partial charge in [-0.05, 0) is 31.0 Å². The summed E-state index contributed by atoms with van der Waals surface area (Å²) < 4.78 is 18.3. The Kier molecular flexibility index (Phi) is 2.42. The summed E-state index contributed by atoms with van der Waals surface area (Å²) in [6.07, 6.45) is 0.858. The average Bonchev–Trinajstić information content (AvgIpc) is 2.63. The number of benzene rings is 1. The quantitative estimate of drug-likeness (QED) is 0.747. The van der Waals surface area contributed by atoms with Gasteiger partial charge in [0.2, 0.25) is 0 Å². The van der Waals surface area contributed by atoms with Crippen LogP contribution in [-0.2, 0) is 4.74 Å². The minimum Gasteiger partial charge on any atom is -0.507 e. The second kappa shape index (κ2) is 3.58. The average molecular weight is 196 g/mol. The highest BCUT2D eigenvalue weighted by atomic mass is 19.1. The molecule has 1 aromatic rings. The number of hydrogen-bond donors (Lipinski definition) is 1. The maximum Gasteiger partial charge on any atom is 0.124 e. The summed E-state index contributed by atoms with van der Waals surface area (Å²) in [5.74, 6) is 0.0634. The third-order valence-electron chi connectivity index (χ3n) is 2.66. The van der Waals surface area contributed by atoms with Crippen molar-refractivity contribution in [2.24, 2.45) is 0 Å². The summed E-state index contributed by atoms with van der Waals surface area (Å²) in [4.78, 5) is 0. The predicted octanol–water partition coefficient (Wildman–Crippen LogP) is 2.34. The van der Waals surface area contributed by atoms with Gasteiger partial charge in [0.25, 0.3) is 0 Å². The van der Waals surface area contributed by atoms with Gasteiger partial charge in [-0.1, -0.05) is 0 Å². The standard InChI is InChI=1S/C11H13FO2/c1-7-4-9(12)5-10(11(7)13)8-2-3-14-6-8/h4-5,8,13H,2-3,6H2,1H3/t8-/m0/s1. The van der Waals surface area contributed by atoms with E-state index in [4.69, 9.17) is 4.74 Å². The number of hydrogen-bond acceptors (Lipinski definition) is 2. The fraction of sp³-hybridized carbons (Fsp3) is 0.455. The Morgan fingerprint density at radius 1 is 1.50 bits per heavy atom. The predicted molar refractivity (Wildman–Crippen MR) is 51.0 cm³/mol. The van der Waals surface area contributed by atoms with Gasteiger partial charge in [0, 0.05) is 18.1 Å². The fourth-order valence-corrected chi connectivity index (χ4v) is 1.85. The molecular formula is C11H13FO2. The lowest BCUT2D eigenvalue weighted by Gasteiger charge is -2.12. The van der Waals surface area contributed by atoms with Crippen LogP contribution in [0.1, 0.15) is 23.5 Å². The van der Waals surface area contributed by atoms with Gasteiger partial charge in [-0.2, -0.15) is 0 Å². The van der Waals surface area contributed by atoms with Crippen molar-refractivity contribution in [3.63, 3.8) is 0 Å². The van der Waals surface area contributed by atoms with Gasteiger partial charge in [0.05, 0.1) is 6.61 Å². The third-order valence-corrected chi connectivity index (χ3v) is 2.66. The van der Waals surface area contributed by atoms with Crippen LogP contribution >= 0.6 is 0 Å². The van der Waals surface area contributed by atoms with Crippen molar-refractivity contribution < 1.29 is 14.2 Å². The van der Waals surface area contributed by atoms with Gasteiger partial charge in [0.15, 0.2) is 0 Å². The molecule has 1 fully saturated rings. The summed E-state index contributed by atoms with van der Waals surface area (Å²) in [5.41, 5.74) is 1.27. The lowest BCUT2D eigenvalue weighted by atomic mass is 9.95. The van der Waals surface area contributed by atoms with Crippen molar-refractivity contribution in [1.29, 1.82) is 0 Å². The highest BCUT2D eigenvalue weighted by Crippen LogP contribution is 2.34. The Hall–Kier alpha value is -1.09. The van der Waals surface area contributed by atoms with Crippen LogP contribution in [0, 0.1) is 12.7 Å². The number of phenolic OH excluding ortho intramolecular Hbond substituents is 1. The normalized spacial score (nSPS) is 21.4. The molecular weight excluding hydrogens is 183 g/mol. The van der Waals surface area contributed by atoms with E-state index in [0.29, 0.717) is 24.3 Å². The van der Waals surface area contributed by atoms with E-state index in [1.54, 1.807) is 6.92 Å². The molecule has 1 heterocycles. The molecule has 1 saturated heterocycles. The molecule has 14 heavy (non-hydrogen) atoms. The van der Waals surface area contributed by atoms with E-state index >= 15 is 0 Å². The van der Waals surface area contributed by atoms with Crippen molar-refractivity contribution in [3.05, 3.63) is 29.1 Å². The molecule has 0 radical (unpaired) electrons. The summed E-state index contributed by atoms with van der Waals surface area (Å²) >= 11 is 0. The molecule has 1 atom stereocenters. The topological polar surface area (TPSA) is 29.5 Å². The zero-order valence-corrected chi connectivity index (χ0v) is 8.09. The van der Waals surface area contributed by atoms with Gasteiger partial charge in [-0.25, -0.2) is 4.39 Å². The van der Waals surface area contributed by atoms with Crippen LogP contribution in [0.3, 0.4) is 0 Å². The maximum atomic E-state index is 13.1. The molecule has 0 aliphatic carbocycles. The van der Waals surface area contributed by atoms with Crippen LogP contribution in [0.25, 0.3) is 0 Å². The smallest absolute Gasteiger partial charge is 0.124 e. The molecule has 3 heteroatoms. The van der Waals surface area contributed by atoms with E-state index in [2.05, 4.69) is 0 Å². The molecule has 1 N–H and O–H groups in total. The molecule has 0 aromatic heterocycles. The Morgan fingerprint density at radius 2 is 2.29 bits per heavy atom. The number of halogens is 1. The summed E-state index contributed by atoms with van der Waals surface area (Å²) in [6.45, 7) is 2.98. The molecule has 2 rings (SSSR count). The third kappa shape index (κ3) is 1.60. The van der Waals surface area contributed by atoms with Crippen molar-refractivity contribution in [2.75, 3.05) is 13.2 Å². The van der Waals surface area contributed by atoms with Crippen LogP contribution in [0.5, 0.6) is 5.75 Å². The summed E-state index contributed by atoms with van der Waals surface area (Å²) in [5, 5.41) is 9.76. The Balaban J connectivity index is 2.40. The lowest BCUT2D eigenvalue weighted by Crippen LogP contribution is -1.99. The van der Waals surface area contributed by atoms with Crippen molar-refractivity contribution in [2.45, 2.75) is 19.3 Å². The zero-order chi connectivity index (χ0) is 10.1. The van der Waals surface area contributed by atoms with E-state index in [1.165, 1.54) is 12.1 Å². The molecule has 0 spiro atoms. The lowest BCUT2D eigenvalue weighted by molar-refractivity contribution is 0.193. The number of aryl methyl sites for hydroxylation is 1. The first kappa shape index (κ1) is 9.46. The van der Waals surface area contributed by atoms with Crippen LogP contribution in [0.15, 0.2) is 12.1 Å². The van der Waals surface area contributed by atoms with Crippen molar-refractivity contribution in [3.8, 4) is 5.75 Å². The second-order valence-corrected chi connectivity index (χ2v) is 3.72. The van der Waals surface area contributed by atoms with Crippen LogP contribution in [-0.4, -0.2) is 18.3 Å². The molecule has 1 aliphatic rings. The number of rotatable bonds is 1. The van der Waals surface area contributed by atoms with Crippen LogP contribution in [0.2, 0.25) is 0 Å². The van der Waals surface area contributed by atoms with E-state index in [1.807, 2.05) is 0 Å². The van der Waals surface area contributed by atoms with Gasteiger partial charge in [-0.15, -0.1) is 0 Å². The molecule has 2 nitrogen and oxygen atoms in total. The first-order valence-electron chi connectivity index (χ1n) is 4.75. The molecule has 0 bridgehead atoms. The Bertz CT molecular complexity index is 343. The van der Waals surface area contributed by atoms with Gasteiger partial charge in [0.1, 0.15) is 11.6 Å². The first-order valence-corrected chi connectivity index (χ1v) is 4.75. The highest BCUT2D eigenvalue weighted by molar-refractivity contribution is 5.42. The van der Waals surface area contributed by atoms with Gasteiger partial charge >= 0.3 is 0 Å². The molecule has 0 unspecified atom stereocenters.